The maximum Gasteiger partial charge on any atom is 0.326 e. The molecule has 7 nitrogen and oxygen atoms in total. The van der Waals surface area contributed by atoms with E-state index in [9.17, 15) is 9.59 Å². The van der Waals surface area contributed by atoms with Crippen LogP contribution in [0.25, 0.3) is 0 Å². The molecule has 3 amide bonds. The van der Waals surface area contributed by atoms with E-state index in [0.29, 0.717) is 27.4 Å². The van der Waals surface area contributed by atoms with Gasteiger partial charge in [0.05, 0.1) is 28.0 Å². The van der Waals surface area contributed by atoms with Gasteiger partial charge < -0.3 is 10.1 Å². The highest BCUT2D eigenvalue weighted by Gasteiger charge is 2.26. The van der Waals surface area contributed by atoms with E-state index in [1.807, 2.05) is 0 Å². The van der Waals surface area contributed by atoms with Gasteiger partial charge in [-0.3, -0.25) is 10.1 Å². The molecule has 158 valence electrons. The van der Waals surface area contributed by atoms with Gasteiger partial charge in [0.1, 0.15) is 5.82 Å². The summed E-state index contributed by atoms with van der Waals surface area (Å²) in [5.41, 5.74) is 0.618. The molecule has 0 aliphatic heterocycles. The quantitative estimate of drug-likeness (QED) is 0.418. The zero-order valence-corrected chi connectivity index (χ0v) is 19.0. The number of urea groups is 1. The Morgan fingerprint density at radius 3 is 2.32 bits per heavy atom. The number of hydrogen-bond donors (Lipinski definition) is 2. The molecule has 4 rings (SSSR count). The van der Waals surface area contributed by atoms with E-state index in [-0.39, 0.29) is 15.8 Å². The molecule has 1 fully saturated rings. The normalized spacial score (nSPS) is 12.9. The summed E-state index contributed by atoms with van der Waals surface area (Å²) in [6, 6.07) is 8.95. The zero-order chi connectivity index (χ0) is 22.0. The monoisotopic (exact) mass is 520 g/mol. The maximum absolute atomic E-state index is 12.2. The number of nitrogens with one attached hydrogen (secondary N) is 2. The molecule has 1 aromatic heterocycles. The average Bonchev–Trinajstić information content (AvgIpc) is 3.57. The molecule has 2 N–H and O–H groups in total. The van der Waals surface area contributed by atoms with Crippen LogP contribution in [0.4, 0.5) is 10.5 Å². The lowest BCUT2D eigenvalue weighted by atomic mass is 10.2. The number of rotatable bonds is 5. The molecule has 1 heterocycles. The summed E-state index contributed by atoms with van der Waals surface area (Å²) in [5, 5.41) is 5.12. The van der Waals surface area contributed by atoms with Crippen LogP contribution in [0.15, 0.2) is 53.3 Å². The first-order chi connectivity index (χ1) is 14.9. The number of benzene rings is 2. The predicted molar refractivity (Wildman–Crippen MR) is 121 cm³/mol. The number of aromatic nitrogens is 2. The van der Waals surface area contributed by atoms with E-state index >= 15 is 0 Å². The number of nitrogens with zero attached hydrogens (tertiary/aromatic N) is 2. The standard InChI is InChI=1S/C21H15BrCl2N4O3/c22-15-4-2-1-3-14(15)20(29)28-21(30)27-12-7-16(23)18(17(24)8-12)31-13-9-25-19(26-10-13)11-5-6-11/h1-4,7-11H,5-6H2,(H2,27,28,29,30). The van der Waals surface area contributed by atoms with Gasteiger partial charge in [0, 0.05) is 16.1 Å². The summed E-state index contributed by atoms with van der Waals surface area (Å²) >= 11 is 15.8. The van der Waals surface area contributed by atoms with Crippen LogP contribution in [-0.2, 0) is 0 Å². The van der Waals surface area contributed by atoms with Crippen LogP contribution in [0.5, 0.6) is 11.5 Å². The van der Waals surface area contributed by atoms with E-state index in [4.69, 9.17) is 27.9 Å². The van der Waals surface area contributed by atoms with Crippen LogP contribution in [0.3, 0.4) is 0 Å². The van der Waals surface area contributed by atoms with Crippen LogP contribution in [0.2, 0.25) is 10.0 Å². The third-order valence-corrected chi connectivity index (χ3v) is 5.67. The first-order valence-electron chi connectivity index (χ1n) is 9.26. The second-order valence-corrected chi connectivity index (χ2v) is 8.48. The van der Waals surface area contributed by atoms with E-state index in [1.54, 1.807) is 36.7 Å². The molecule has 0 unspecified atom stereocenters. The number of anilines is 1. The lowest BCUT2D eigenvalue weighted by Crippen LogP contribution is -2.34. The zero-order valence-electron chi connectivity index (χ0n) is 15.9. The molecule has 1 aliphatic carbocycles. The highest BCUT2D eigenvalue weighted by molar-refractivity contribution is 9.10. The second-order valence-electron chi connectivity index (χ2n) is 6.81. The van der Waals surface area contributed by atoms with Gasteiger partial charge >= 0.3 is 6.03 Å². The third-order valence-electron chi connectivity index (χ3n) is 4.41. The number of carbonyl (C=O) groups is 2. The number of imide groups is 1. The summed E-state index contributed by atoms with van der Waals surface area (Å²) in [7, 11) is 0. The Hall–Kier alpha value is -2.68. The van der Waals surface area contributed by atoms with Crippen LogP contribution < -0.4 is 15.4 Å². The van der Waals surface area contributed by atoms with Crippen LogP contribution in [0.1, 0.15) is 34.9 Å². The van der Waals surface area contributed by atoms with Gasteiger partial charge in [0.15, 0.2) is 11.5 Å². The molecule has 31 heavy (non-hydrogen) atoms. The number of carbonyl (C=O) groups excluding carboxylic acids is 2. The lowest BCUT2D eigenvalue weighted by molar-refractivity contribution is 0.0966. The molecule has 1 saturated carbocycles. The largest absolute Gasteiger partial charge is 0.451 e. The fraction of sp³-hybridized carbons (Fsp3) is 0.143. The Morgan fingerprint density at radius 2 is 1.71 bits per heavy atom. The highest BCUT2D eigenvalue weighted by Crippen LogP contribution is 2.40. The first-order valence-corrected chi connectivity index (χ1v) is 10.8. The summed E-state index contributed by atoms with van der Waals surface area (Å²) in [6.45, 7) is 0. The Morgan fingerprint density at radius 1 is 1.06 bits per heavy atom. The number of amides is 3. The fourth-order valence-corrected chi connectivity index (χ4v) is 3.79. The van der Waals surface area contributed by atoms with Gasteiger partial charge in [-0.1, -0.05) is 35.3 Å². The molecule has 0 radical (unpaired) electrons. The van der Waals surface area contributed by atoms with Crippen molar-refractivity contribution < 1.29 is 14.3 Å². The Balaban J connectivity index is 1.42. The molecule has 0 spiro atoms. The Bertz CT molecular complexity index is 1130. The van der Waals surface area contributed by atoms with Gasteiger partial charge in [-0.25, -0.2) is 14.8 Å². The van der Waals surface area contributed by atoms with Crippen molar-refractivity contribution in [1.82, 2.24) is 15.3 Å². The van der Waals surface area contributed by atoms with E-state index in [2.05, 4.69) is 36.5 Å². The Labute approximate surface area is 196 Å². The summed E-state index contributed by atoms with van der Waals surface area (Å²) in [5.74, 6) is 1.28. The van der Waals surface area contributed by atoms with E-state index in [0.717, 1.165) is 18.7 Å². The first kappa shape index (κ1) is 21.5. The summed E-state index contributed by atoms with van der Waals surface area (Å²) in [6.07, 6.45) is 5.35. The van der Waals surface area contributed by atoms with Crippen molar-refractivity contribution in [1.29, 1.82) is 0 Å². The molecular weight excluding hydrogens is 507 g/mol. The molecule has 10 heteroatoms. The summed E-state index contributed by atoms with van der Waals surface area (Å²) < 4.78 is 6.29. The van der Waals surface area contributed by atoms with Gasteiger partial charge in [-0.15, -0.1) is 0 Å². The van der Waals surface area contributed by atoms with E-state index < -0.39 is 11.9 Å². The van der Waals surface area contributed by atoms with Crippen molar-refractivity contribution in [2.75, 3.05) is 5.32 Å². The summed E-state index contributed by atoms with van der Waals surface area (Å²) in [4.78, 5) is 33.0. The molecule has 2 aromatic carbocycles. The minimum atomic E-state index is -0.731. The molecule has 0 atom stereocenters. The SMILES string of the molecule is O=C(NC(=O)c1ccccc1Br)Nc1cc(Cl)c(Oc2cnc(C3CC3)nc2)c(Cl)c1. The maximum atomic E-state index is 12.2. The second kappa shape index (κ2) is 9.21. The Kier molecular flexibility index (Phi) is 6.41. The molecule has 1 aliphatic rings. The molecule has 3 aromatic rings. The van der Waals surface area contributed by atoms with Gasteiger partial charge in [0.25, 0.3) is 5.91 Å². The van der Waals surface area contributed by atoms with Gasteiger partial charge in [-0.05, 0) is 53.0 Å². The van der Waals surface area contributed by atoms with Crippen molar-refractivity contribution in [3.63, 3.8) is 0 Å². The van der Waals surface area contributed by atoms with Crippen molar-refractivity contribution in [2.24, 2.45) is 0 Å². The molecule has 0 saturated heterocycles. The molecular formula is C21H15BrCl2N4O3. The fourth-order valence-electron chi connectivity index (χ4n) is 2.76. The van der Waals surface area contributed by atoms with Crippen molar-refractivity contribution in [3.8, 4) is 11.5 Å². The van der Waals surface area contributed by atoms with Gasteiger partial charge in [-0.2, -0.15) is 0 Å². The topological polar surface area (TPSA) is 93.2 Å². The predicted octanol–water partition coefficient (Wildman–Crippen LogP) is 6.18. The van der Waals surface area contributed by atoms with Crippen molar-refractivity contribution >= 4 is 56.8 Å². The van der Waals surface area contributed by atoms with E-state index in [1.165, 1.54) is 12.1 Å². The number of halogens is 3. The number of ether oxygens (including phenoxy) is 1. The number of hydrogen-bond acceptors (Lipinski definition) is 5. The smallest absolute Gasteiger partial charge is 0.326 e. The van der Waals surface area contributed by atoms with Gasteiger partial charge in [0.2, 0.25) is 0 Å². The minimum absolute atomic E-state index is 0.172. The van der Waals surface area contributed by atoms with Crippen molar-refractivity contribution in [3.05, 3.63) is 74.7 Å². The van der Waals surface area contributed by atoms with Crippen LogP contribution >= 0.6 is 39.1 Å². The van der Waals surface area contributed by atoms with Crippen LogP contribution in [-0.4, -0.2) is 21.9 Å². The molecule has 0 bridgehead atoms. The average molecular weight is 522 g/mol. The van der Waals surface area contributed by atoms with Crippen molar-refractivity contribution in [2.45, 2.75) is 18.8 Å². The third kappa shape index (κ3) is 5.33. The minimum Gasteiger partial charge on any atom is -0.451 e. The highest BCUT2D eigenvalue weighted by atomic mass is 79.9. The lowest BCUT2D eigenvalue weighted by Gasteiger charge is -2.12. The van der Waals surface area contributed by atoms with Crippen LogP contribution in [0, 0.1) is 0 Å².